The fourth-order valence-corrected chi connectivity index (χ4v) is 2.16. The van der Waals surface area contributed by atoms with Crippen LogP contribution in [-0.4, -0.2) is 21.4 Å². The molecular weight excluding hydrogens is 272 g/mol. The van der Waals surface area contributed by atoms with Gasteiger partial charge in [0.15, 0.2) is 0 Å². The summed E-state index contributed by atoms with van der Waals surface area (Å²) in [5.74, 6) is -0.683. The Hall–Kier alpha value is -2.96. The molecule has 0 saturated carbocycles. The fraction of sp³-hybridized carbons (Fsp3) is 0.143. The number of amides is 2. The van der Waals surface area contributed by atoms with E-state index in [4.69, 9.17) is 0 Å². The van der Waals surface area contributed by atoms with Crippen LogP contribution >= 0.6 is 0 Å². The highest BCUT2D eigenvalue weighted by molar-refractivity contribution is 5.97. The molecule has 3 rings (SSSR count). The van der Waals surface area contributed by atoms with Gasteiger partial charge in [0.05, 0.1) is 5.69 Å². The standard InChI is InChI=1S/C14H12N4O3/c1-9(19)16-18-13(21)8-17-12(20)7-11(15-14(17)18)10-5-3-2-4-6-10/h2-7H,8H2,1H3,(H,16,19). The van der Waals surface area contributed by atoms with E-state index in [2.05, 4.69) is 10.4 Å². The van der Waals surface area contributed by atoms with Crippen molar-refractivity contribution in [1.82, 2.24) is 15.0 Å². The van der Waals surface area contributed by atoms with E-state index in [9.17, 15) is 14.4 Å². The number of hydrazine groups is 1. The topological polar surface area (TPSA) is 84.3 Å². The number of carbonyl (C=O) groups excluding carboxylic acids is 2. The largest absolute Gasteiger partial charge is 0.274 e. The molecule has 0 saturated heterocycles. The van der Waals surface area contributed by atoms with Crippen molar-refractivity contribution in [1.29, 1.82) is 0 Å². The highest BCUT2D eigenvalue weighted by Gasteiger charge is 2.31. The predicted molar refractivity (Wildman–Crippen MR) is 75.2 cm³/mol. The average molecular weight is 284 g/mol. The van der Waals surface area contributed by atoms with Gasteiger partial charge in [-0.3, -0.25) is 24.4 Å². The Morgan fingerprint density at radius 2 is 1.95 bits per heavy atom. The molecule has 1 aromatic carbocycles. The lowest BCUT2D eigenvalue weighted by Gasteiger charge is -2.15. The first-order chi connectivity index (χ1) is 10.1. The summed E-state index contributed by atoms with van der Waals surface area (Å²) in [6.45, 7) is 1.16. The summed E-state index contributed by atoms with van der Waals surface area (Å²) < 4.78 is 1.23. The van der Waals surface area contributed by atoms with Crippen LogP contribution in [0, 0.1) is 0 Å². The number of rotatable bonds is 2. The number of fused-ring (bicyclic) bond motifs is 1. The number of nitrogens with zero attached hydrogens (tertiary/aromatic N) is 3. The molecule has 2 amide bonds. The van der Waals surface area contributed by atoms with Gasteiger partial charge >= 0.3 is 0 Å². The van der Waals surface area contributed by atoms with E-state index in [1.54, 1.807) is 0 Å². The lowest BCUT2D eigenvalue weighted by atomic mass is 10.1. The Labute approximate surface area is 119 Å². The molecule has 0 fully saturated rings. The third-order valence-electron chi connectivity index (χ3n) is 3.07. The Bertz CT molecular complexity index is 783. The van der Waals surface area contributed by atoms with Crippen LogP contribution in [0.5, 0.6) is 0 Å². The Morgan fingerprint density at radius 1 is 1.24 bits per heavy atom. The van der Waals surface area contributed by atoms with Crippen LogP contribution in [0.1, 0.15) is 6.92 Å². The molecule has 0 bridgehead atoms. The van der Waals surface area contributed by atoms with E-state index in [-0.39, 0.29) is 18.1 Å². The van der Waals surface area contributed by atoms with Crippen molar-refractivity contribution in [3.63, 3.8) is 0 Å². The molecule has 2 aromatic rings. The summed E-state index contributed by atoms with van der Waals surface area (Å²) in [7, 11) is 0. The SMILES string of the molecule is CC(=O)NN1C(=O)Cn2c1nc(-c1ccccc1)cc2=O. The second kappa shape index (κ2) is 4.86. The molecule has 1 aliphatic heterocycles. The first kappa shape index (κ1) is 13.0. The first-order valence-corrected chi connectivity index (χ1v) is 6.34. The van der Waals surface area contributed by atoms with Crippen molar-refractivity contribution in [2.75, 3.05) is 5.01 Å². The summed E-state index contributed by atoms with van der Waals surface area (Å²) in [5, 5.41) is 1.01. The van der Waals surface area contributed by atoms with Gasteiger partial charge in [-0.15, -0.1) is 0 Å². The number of hydrogen-bond donors (Lipinski definition) is 1. The monoisotopic (exact) mass is 284 g/mol. The van der Waals surface area contributed by atoms with Crippen molar-refractivity contribution in [3.05, 3.63) is 46.8 Å². The van der Waals surface area contributed by atoms with E-state index in [1.165, 1.54) is 17.6 Å². The molecule has 7 nitrogen and oxygen atoms in total. The van der Waals surface area contributed by atoms with Crippen molar-refractivity contribution in [3.8, 4) is 11.3 Å². The highest BCUT2D eigenvalue weighted by Crippen LogP contribution is 2.21. The maximum Gasteiger partial charge on any atom is 0.268 e. The lowest BCUT2D eigenvalue weighted by molar-refractivity contribution is -0.124. The molecule has 21 heavy (non-hydrogen) atoms. The summed E-state index contributed by atoms with van der Waals surface area (Å²) in [6.07, 6.45) is 0. The van der Waals surface area contributed by atoms with Crippen LogP contribution in [0.3, 0.4) is 0 Å². The zero-order valence-corrected chi connectivity index (χ0v) is 11.2. The number of anilines is 1. The minimum Gasteiger partial charge on any atom is -0.274 e. The van der Waals surface area contributed by atoms with Crippen LogP contribution in [0.15, 0.2) is 41.2 Å². The number of aromatic nitrogens is 2. The first-order valence-electron chi connectivity index (χ1n) is 6.34. The van der Waals surface area contributed by atoms with Gasteiger partial charge < -0.3 is 0 Å². The van der Waals surface area contributed by atoms with E-state index in [1.807, 2.05) is 30.3 Å². The normalized spacial score (nSPS) is 13.2. The molecule has 0 atom stereocenters. The van der Waals surface area contributed by atoms with Gasteiger partial charge in [0.2, 0.25) is 11.9 Å². The Balaban J connectivity index is 2.12. The number of carbonyl (C=O) groups is 2. The highest BCUT2D eigenvalue weighted by atomic mass is 16.2. The minimum absolute atomic E-state index is 0.126. The maximum absolute atomic E-state index is 12.1. The van der Waals surface area contributed by atoms with Gasteiger partial charge in [-0.25, -0.2) is 4.98 Å². The average Bonchev–Trinajstić information content (AvgIpc) is 2.77. The molecule has 1 aliphatic rings. The smallest absolute Gasteiger partial charge is 0.268 e. The van der Waals surface area contributed by atoms with Crippen molar-refractivity contribution < 1.29 is 9.59 Å². The zero-order chi connectivity index (χ0) is 15.0. The van der Waals surface area contributed by atoms with Crippen molar-refractivity contribution in [2.45, 2.75) is 13.5 Å². The van der Waals surface area contributed by atoms with Crippen LogP contribution < -0.4 is 16.0 Å². The van der Waals surface area contributed by atoms with Crippen molar-refractivity contribution in [2.24, 2.45) is 0 Å². The van der Waals surface area contributed by atoms with Gasteiger partial charge in [-0.1, -0.05) is 30.3 Å². The van der Waals surface area contributed by atoms with Crippen LogP contribution in [0.2, 0.25) is 0 Å². The molecule has 0 aliphatic carbocycles. The molecule has 1 aromatic heterocycles. The second-order valence-corrected chi connectivity index (χ2v) is 4.63. The summed E-state index contributed by atoms with van der Waals surface area (Å²) >= 11 is 0. The van der Waals surface area contributed by atoms with E-state index < -0.39 is 11.8 Å². The number of hydrogen-bond acceptors (Lipinski definition) is 4. The van der Waals surface area contributed by atoms with Gasteiger partial charge in [-0.2, -0.15) is 5.01 Å². The van der Waals surface area contributed by atoms with Gasteiger partial charge in [0, 0.05) is 18.6 Å². The molecule has 106 valence electrons. The molecule has 0 spiro atoms. The van der Waals surface area contributed by atoms with Crippen LogP contribution in [0.25, 0.3) is 11.3 Å². The lowest BCUT2D eigenvalue weighted by Crippen LogP contribution is -2.43. The minimum atomic E-state index is -0.406. The number of benzene rings is 1. The maximum atomic E-state index is 12.1. The molecule has 2 heterocycles. The molecular formula is C14H12N4O3. The predicted octanol–water partition coefficient (Wildman–Crippen LogP) is 0.308. The van der Waals surface area contributed by atoms with Gasteiger partial charge in [0.1, 0.15) is 6.54 Å². The number of nitrogens with one attached hydrogen (secondary N) is 1. The molecule has 0 radical (unpaired) electrons. The summed E-state index contributed by atoms with van der Waals surface area (Å²) in [4.78, 5) is 39.5. The zero-order valence-electron chi connectivity index (χ0n) is 11.2. The fourth-order valence-electron chi connectivity index (χ4n) is 2.16. The Kier molecular flexibility index (Phi) is 3.02. The van der Waals surface area contributed by atoms with Crippen LogP contribution in [0.4, 0.5) is 5.95 Å². The summed E-state index contributed by atoms with van der Waals surface area (Å²) in [6, 6.07) is 10.5. The second-order valence-electron chi connectivity index (χ2n) is 4.63. The molecule has 1 N–H and O–H groups in total. The quantitative estimate of drug-likeness (QED) is 0.860. The van der Waals surface area contributed by atoms with Crippen LogP contribution in [-0.2, 0) is 16.1 Å². The van der Waals surface area contributed by atoms with E-state index in [0.29, 0.717) is 5.69 Å². The third kappa shape index (κ3) is 2.29. The summed E-state index contributed by atoms with van der Waals surface area (Å²) in [5.41, 5.74) is 3.26. The van der Waals surface area contributed by atoms with E-state index >= 15 is 0 Å². The van der Waals surface area contributed by atoms with Gasteiger partial charge in [-0.05, 0) is 0 Å². The Morgan fingerprint density at radius 3 is 2.62 bits per heavy atom. The third-order valence-corrected chi connectivity index (χ3v) is 3.07. The van der Waals surface area contributed by atoms with Gasteiger partial charge in [0.25, 0.3) is 11.5 Å². The van der Waals surface area contributed by atoms with Crippen molar-refractivity contribution >= 4 is 17.8 Å². The van der Waals surface area contributed by atoms with E-state index in [0.717, 1.165) is 10.6 Å². The molecule has 0 unspecified atom stereocenters. The molecule has 7 heteroatoms.